The van der Waals surface area contributed by atoms with Crippen LogP contribution in [-0.2, 0) is 19.7 Å². The summed E-state index contributed by atoms with van der Waals surface area (Å²) in [5.41, 5.74) is 1.16. The second kappa shape index (κ2) is 7.29. The Morgan fingerprint density at radius 2 is 1.83 bits per heavy atom. The predicted molar refractivity (Wildman–Crippen MR) is 91.2 cm³/mol. The summed E-state index contributed by atoms with van der Waals surface area (Å²) in [4.78, 5) is 23.6. The molecule has 2 rings (SSSR count). The molecule has 0 bridgehead atoms. The zero-order valence-corrected chi connectivity index (χ0v) is 14.7. The van der Waals surface area contributed by atoms with Crippen LogP contribution in [0.5, 0.6) is 0 Å². The van der Waals surface area contributed by atoms with Gasteiger partial charge in [-0.2, -0.15) is 0 Å². The number of ether oxygens (including phenoxy) is 1. The highest BCUT2D eigenvalue weighted by molar-refractivity contribution is 6.33. The molecule has 0 N–H and O–H groups in total. The van der Waals surface area contributed by atoms with Crippen molar-refractivity contribution in [1.82, 2.24) is 0 Å². The Labute approximate surface area is 139 Å². The fraction of sp³-hybridized carbons (Fsp3) is 0.600. The van der Waals surface area contributed by atoms with Crippen molar-refractivity contribution in [2.24, 2.45) is 11.8 Å². The minimum absolute atomic E-state index is 0.0956. The summed E-state index contributed by atoms with van der Waals surface area (Å²) in [6, 6.07) is 10.4. The molecule has 1 saturated carbocycles. The van der Waals surface area contributed by atoms with Gasteiger partial charge in [-0.15, -0.1) is 0 Å². The Balaban J connectivity index is 2.23. The quantitative estimate of drug-likeness (QED) is 0.601. The van der Waals surface area contributed by atoms with Crippen LogP contribution >= 0.6 is 0 Å². The van der Waals surface area contributed by atoms with Gasteiger partial charge in [-0.3, -0.25) is 4.79 Å². The van der Waals surface area contributed by atoms with Gasteiger partial charge in [-0.1, -0.05) is 64.4 Å². The van der Waals surface area contributed by atoms with Gasteiger partial charge >= 0.3 is 5.97 Å². The van der Waals surface area contributed by atoms with Crippen LogP contribution in [0.2, 0.25) is 0 Å². The van der Waals surface area contributed by atoms with Crippen LogP contribution < -0.4 is 0 Å². The zero-order chi connectivity index (χ0) is 17.0. The van der Waals surface area contributed by atoms with Crippen molar-refractivity contribution in [3.8, 4) is 0 Å². The molecule has 23 heavy (non-hydrogen) atoms. The van der Waals surface area contributed by atoms with Crippen LogP contribution in [0, 0.1) is 11.8 Å². The average Bonchev–Trinajstić information content (AvgIpc) is 2.54. The summed E-state index contributed by atoms with van der Waals surface area (Å²) in [6.07, 6.45) is 3.01. The molecule has 0 saturated heterocycles. The van der Waals surface area contributed by atoms with Crippen LogP contribution in [-0.4, -0.2) is 17.9 Å². The number of rotatable bonds is 5. The van der Waals surface area contributed by atoms with Crippen molar-refractivity contribution in [2.45, 2.75) is 64.9 Å². The fourth-order valence-electron chi connectivity index (χ4n) is 3.71. The third-order valence-electron chi connectivity index (χ3n) is 5.31. The van der Waals surface area contributed by atoms with Gasteiger partial charge < -0.3 is 4.74 Å². The SMILES string of the molecule is CCC(=O)C(=O)O[C@@H]1C[C@H](C)CC[C@@H]1C(C)(C)c1ccccc1. The first-order valence-corrected chi connectivity index (χ1v) is 8.65. The lowest BCUT2D eigenvalue weighted by Crippen LogP contribution is -2.44. The molecule has 1 aliphatic rings. The molecule has 0 unspecified atom stereocenters. The van der Waals surface area contributed by atoms with Gasteiger partial charge in [-0.25, -0.2) is 4.79 Å². The molecule has 0 aromatic heterocycles. The molecular formula is C20H28O3. The molecule has 1 fully saturated rings. The molecule has 0 aliphatic heterocycles. The normalized spacial score (nSPS) is 25.0. The third-order valence-corrected chi connectivity index (χ3v) is 5.31. The standard InChI is InChI=1S/C20H28O3/c1-5-17(21)19(22)23-18-13-14(2)11-12-16(18)20(3,4)15-9-7-6-8-10-15/h6-10,14,16,18H,5,11-13H2,1-4H3/t14-,16+,18-/m1/s1. The molecule has 1 aromatic rings. The number of esters is 1. The van der Waals surface area contributed by atoms with Crippen LogP contribution in [0.1, 0.15) is 58.9 Å². The topological polar surface area (TPSA) is 43.4 Å². The maximum Gasteiger partial charge on any atom is 0.374 e. The monoisotopic (exact) mass is 316 g/mol. The highest BCUT2D eigenvalue weighted by atomic mass is 16.5. The van der Waals surface area contributed by atoms with Gasteiger partial charge in [0.25, 0.3) is 0 Å². The second-order valence-electron chi connectivity index (χ2n) is 7.33. The largest absolute Gasteiger partial charge is 0.456 e. The molecule has 0 amide bonds. The minimum atomic E-state index is -0.666. The first kappa shape index (κ1) is 17.7. The van der Waals surface area contributed by atoms with E-state index in [2.05, 4.69) is 32.9 Å². The molecule has 0 heterocycles. The van der Waals surface area contributed by atoms with Crippen molar-refractivity contribution in [3.63, 3.8) is 0 Å². The summed E-state index contributed by atoms with van der Waals surface area (Å²) in [6.45, 7) is 8.31. The van der Waals surface area contributed by atoms with Gasteiger partial charge in [0, 0.05) is 12.3 Å². The van der Waals surface area contributed by atoms with E-state index in [-0.39, 0.29) is 23.9 Å². The lowest BCUT2D eigenvalue weighted by atomic mass is 9.64. The molecule has 3 nitrogen and oxygen atoms in total. The average molecular weight is 316 g/mol. The summed E-state index contributed by atoms with van der Waals surface area (Å²) in [7, 11) is 0. The smallest absolute Gasteiger partial charge is 0.374 e. The van der Waals surface area contributed by atoms with E-state index in [9.17, 15) is 9.59 Å². The Hall–Kier alpha value is -1.64. The van der Waals surface area contributed by atoms with E-state index in [0.717, 1.165) is 19.3 Å². The van der Waals surface area contributed by atoms with Crippen molar-refractivity contribution >= 4 is 11.8 Å². The highest BCUT2D eigenvalue weighted by Gasteiger charge is 2.42. The van der Waals surface area contributed by atoms with Gasteiger partial charge in [0.1, 0.15) is 6.10 Å². The van der Waals surface area contributed by atoms with Crippen molar-refractivity contribution in [2.75, 3.05) is 0 Å². The highest BCUT2D eigenvalue weighted by Crippen LogP contribution is 2.43. The van der Waals surface area contributed by atoms with E-state index < -0.39 is 11.8 Å². The number of hydrogen-bond acceptors (Lipinski definition) is 3. The number of carbonyl (C=O) groups is 2. The Morgan fingerprint density at radius 3 is 2.43 bits per heavy atom. The van der Waals surface area contributed by atoms with Crippen molar-refractivity contribution < 1.29 is 14.3 Å². The molecule has 3 atom stereocenters. The van der Waals surface area contributed by atoms with Gasteiger partial charge in [-0.05, 0) is 29.7 Å². The third kappa shape index (κ3) is 4.01. The molecule has 0 radical (unpaired) electrons. The summed E-state index contributed by atoms with van der Waals surface area (Å²) >= 11 is 0. The second-order valence-corrected chi connectivity index (χ2v) is 7.33. The van der Waals surface area contributed by atoms with E-state index in [4.69, 9.17) is 4.74 Å². The van der Waals surface area contributed by atoms with E-state index in [1.54, 1.807) is 6.92 Å². The minimum Gasteiger partial charge on any atom is -0.456 e. The van der Waals surface area contributed by atoms with Gasteiger partial charge in [0.05, 0.1) is 0 Å². The number of hydrogen-bond donors (Lipinski definition) is 0. The maximum atomic E-state index is 12.0. The lowest BCUT2D eigenvalue weighted by Gasteiger charge is -2.43. The van der Waals surface area contributed by atoms with E-state index >= 15 is 0 Å². The first-order valence-electron chi connectivity index (χ1n) is 8.65. The number of Topliss-reactive ketones (excluding diaryl/α,β-unsaturated/α-hetero) is 1. The molecule has 126 valence electrons. The first-order chi connectivity index (χ1) is 10.9. The van der Waals surface area contributed by atoms with Crippen molar-refractivity contribution in [1.29, 1.82) is 0 Å². The van der Waals surface area contributed by atoms with E-state index in [0.29, 0.717) is 5.92 Å². The Morgan fingerprint density at radius 1 is 1.17 bits per heavy atom. The van der Waals surface area contributed by atoms with Crippen LogP contribution in [0.3, 0.4) is 0 Å². The lowest BCUT2D eigenvalue weighted by molar-refractivity contribution is -0.163. The Bertz CT molecular complexity index is 547. The zero-order valence-electron chi connectivity index (χ0n) is 14.7. The number of ketones is 1. The van der Waals surface area contributed by atoms with Crippen LogP contribution in [0.15, 0.2) is 30.3 Å². The van der Waals surface area contributed by atoms with E-state index in [1.807, 2.05) is 18.2 Å². The molecule has 1 aliphatic carbocycles. The van der Waals surface area contributed by atoms with E-state index in [1.165, 1.54) is 5.56 Å². The molecular weight excluding hydrogens is 288 g/mol. The number of carbonyl (C=O) groups excluding carboxylic acids is 2. The summed E-state index contributed by atoms with van der Waals surface area (Å²) in [5, 5.41) is 0. The van der Waals surface area contributed by atoms with Gasteiger partial charge in [0.2, 0.25) is 5.78 Å². The number of benzene rings is 1. The van der Waals surface area contributed by atoms with Gasteiger partial charge in [0.15, 0.2) is 0 Å². The van der Waals surface area contributed by atoms with Crippen LogP contribution in [0.4, 0.5) is 0 Å². The fourth-order valence-corrected chi connectivity index (χ4v) is 3.71. The molecule has 3 heteroatoms. The van der Waals surface area contributed by atoms with Crippen LogP contribution in [0.25, 0.3) is 0 Å². The molecule has 1 aromatic carbocycles. The predicted octanol–water partition coefficient (Wildman–Crippen LogP) is 4.29. The Kier molecular flexibility index (Phi) is 5.61. The summed E-state index contributed by atoms with van der Waals surface area (Å²) in [5.74, 6) is -0.345. The van der Waals surface area contributed by atoms with Crippen molar-refractivity contribution in [3.05, 3.63) is 35.9 Å². The molecule has 0 spiro atoms. The summed E-state index contributed by atoms with van der Waals surface area (Å²) < 4.78 is 5.65. The maximum absolute atomic E-state index is 12.0.